The molecule has 2 aromatic rings. The lowest BCUT2D eigenvalue weighted by Gasteiger charge is -2.23. The first-order valence-corrected chi connectivity index (χ1v) is 6.07. The molecule has 0 aromatic carbocycles. The van der Waals surface area contributed by atoms with Crippen molar-refractivity contribution < 1.29 is 19.3 Å². The molecule has 3 rings (SSSR count). The zero-order valence-electron chi connectivity index (χ0n) is 10.7. The molecule has 0 unspecified atom stereocenters. The van der Waals surface area contributed by atoms with E-state index in [1.54, 1.807) is 0 Å². The maximum absolute atomic E-state index is 14.9. The van der Waals surface area contributed by atoms with Gasteiger partial charge in [-0.3, -0.25) is 4.57 Å². The highest BCUT2D eigenvalue weighted by Gasteiger charge is 2.57. The van der Waals surface area contributed by atoms with E-state index in [2.05, 4.69) is 15.0 Å². The van der Waals surface area contributed by atoms with E-state index in [-0.39, 0.29) is 17.0 Å². The zero-order chi connectivity index (χ0) is 15.2. The van der Waals surface area contributed by atoms with Crippen LogP contribution in [-0.4, -0.2) is 54.2 Å². The minimum atomic E-state index is -2.53. The van der Waals surface area contributed by atoms with Crippen LogP contribution in [0.4, 0.5) is 10.2 Å². The molecule has 0 bridgehead atoms. The van der Waals surface area contributed by atoms with Gasteiger partial charge >= 0.3 is 0 Å². The summed E-state index contributed by atoms with van der Waals surface area (Å²) >= 11 is 0. The number of imidazole rings is 1. The lowest BCUT2D eigenvalue weighted by Crippen LogP contribution is -2.42. The first-order chi connectivity index (χ1) is 10.0. The lowest BCUT2D eigenvalue weighted by molar-refractivity contribution is -0.0504. The third-order valence-corrected chi connectivity index (χ3v) is 3.49. The van der Waals surface area contributed by atoms with Crippen LogP contribution in [0, 0.1) is 12.3 Å². The third-order valence-electron chi connectivity index (χ3n) is 3.49. The molecule has 21 heavy (non-hydrogen) atoms. The van der Waals surface area contributed by atoms with Crippen LogP contribution in [0.15, 0.2) is 12.7 Å². The monoisotopic (exact) mass is 293 g/mol. The molecular formula is C12H12FN5O3. The van der Waals surface area contributed by atoms with Crippen LogP contribution in [-0.2, 0) is 4.74 Å². The summed E-state index contributed by atoms with van der Waals surface area (Å²) in [6, 6.07) is 0. The largest absolute Gasteiger partial charge is 0.394 e. The molecule has 8 nitrogen and oxygen atoms in total. The van der Waals surface area contributed by atoms with Gasteiger partial charge < -0.3 is 20.7 Å². The molecule has 1 fully saturated rings. The second-order valence-electron chi connectivity index (χ2n) is 4.65. The number of rotatable bonds is 2. The number of aromatic nitrogens is 4. The van der Waals surface area contributed by atoms with Gasteiger partial charge in [0.25, 0.3) is 0 Å². The number of halogens is 1. The van der Waals surface area contributed by atoms with Crippen molar-refractivity contribution in [1.29, 1.82) is 0 Å². The van der Waals surface area contributed by atoms with Crippen LogP contribution in [0.25, 0.3) is 11.2 Å². The molecule has 9 heteroatoms. The summed E-state index contributed by atoms with van der Waals surface area (Å²) in [6.45, 7) is -0.575. The molecule has 2 aromatic heterocycles. The highest BCUT2D eigenvalue weighted by molar-refractivity contribution is 5.81. The number of aliphatic hydroxyl groups excluding tert-OH is 2. The van der Waals surface area contributed by atoms with Crippen LogP contribution in [0.5, 0.6) is 0 Å². The van der Waals surface area contributed by atoms with Crippen molar-refractivity contribution in [2.45, 2.75) is 24.1 Å². The van der Waals surface area contributed by atoms with E-state index in [0.717, 1.165) is 0 Å². The molecule has 110 valence electrons. The van der Waals surface area contributed by atoms with Gasteiger partial charge in [0, 0.05) is 0 Å². The van der Waals surface area contributed by atoms with Crippen LogP contribution in [0.3, 0.4) is 0 Å². The number of anilines is 1. The summed E-state index contributed by atoms with van der Waals surface area (Å²) in [4.78, 5) is 11.7. The number of ether oxygens (including phenoxy) is 1. The average Bonchev–Trinajstić information content (AvgIpc) is 3.01. The van der Waals surface area contributed by atoms with Gasteiger partial charge in [0.05, 0.1) is 12.9 Å². The van der Waals surface area contributed by atoms with Crippen molar-refractivity contribution in [1.82, 2.24) is 19.5 Å². The molecule has 1 aliphatic heterocycles. The molecule has 1 saturated heterocycles. The highest BCUT2D eigenvalue weighted by Crippen LogP contribution is 2.42. The predicted octanol–water partition coefficient (Wildman–Crippen LogP) is -0.999. The Morgan fingerprint density at radius 3 is 2.95 bits per heavy atom. The Morgan fingerprint density at radius 2 is 2.29 bits per heavy atom. The van der Waals surface area contributed by atoms with Gasteiger partial charge in [-0.1, -0.05) is 5.92 Å². The summed E-state index contributed by atoms with van der Waals surface area (Å²) in [5.74, 6) is 2.02. The number of nitrogens with zero attached hydrogens (tertiary/aromatic N) is 4. The van der Waals surface area contributed by atoms with Gasteiger partial charge in [0.1, 0.15) is 24.1 Å². The van der Waals surface area contributed by atoms with Crippen LogP contribution in [0.2, 0.25) is 0 Å². The Bertz CT molecular complexity index is 729. The van der Waals surface area contributed by atoms with E-state index in [0.29, 0.717) is 0 Å². The molecule has 4 atom stereocenters. The van der Waals surface area contributed by atoms with E-state index in [9.17, 15) is 9.50 Å². The van der Waals surface area contributed by atoms with Crippen LogP contribution >= 0.6 is 0 Å². The second-order valence-corrected chi connectivity index (χ2v) is 4.65. The molecule has 3 heterocycles. The SMILES string of the molecule is C#C[C@@]1(F)[C@H](O)[C@@H](CO)O[C@H]1n1cnc2c(N)ncnc21. The van der Waals surface area contributed by atoms with Gasteiger partial charge in [-0.05, 0) is 0 Å². The van der Waals surface area contributed by atoms with Gasteiger partial charge in [-0.25, -0.2) is 19.3 Å². The number of alkyl halides is 1. The number of nitrogens with two attached hydrogens (primary N) is 1. The van der Waals surface area contributed by atoms with Gasteiger partial charge in [0.2, 0.25) is 5.67 Å². The average molecular weight is 293 g/mol. The van der Waals surface area contributed by atoms with E-state index in [1.165, 1.54) is 17.2 Å². The zero-order valence-corrected chi connectivity index (χ0v) is 10.7. The third kappa shape index (κ3) is 1.77. The number of hydrogen-bond donors (Lipinski definition) is 3. The van der Waals surface area contributed by atoms with Gasteiger partial charge in [-0.15, -0.1) is 6.42 Å². The summed E-state index contributed by atoms with van der Waals surface area (Å²) in [5.41, 5.74) is 3.62. The minimum Gasteiger partial charge on any atom is -0.394 e. The maximum Gasteiger partial charge on any atom is 0.243 e. The number of fused-ring (bicyclic) bond motifs is 1. The highest BCUT2D eigenvalue weighted by atomic mass is 19.1. The fourth-order valence-electron chi connectivity index (χ4n) is 2.36. The quantitative estimate of drug-likeness (QED) is 0.607. The van der Waals surface area contributed by atoms with Crippen molar-refractivity contribution in [3.63, 3.8) is 0 Å². The van der Waals surface area contributed by atoms with E-state index in [1.807, 2.05) is 5.92 Å². The molecule has 1 aliphatic rings. The Hall–Kier alpha value is -2.28. The van der Waals surface area contributed by atoms with E-state index < -0.39 is 30.7 Å². The Morgan fingerprint density at radius 1 is 1.52 bits per heavy atom. The lowest BCUT2D eigenvalue weighted by atomic mass is 9.97. The fourth-order valence-corrected chi connectivity index (χ4v) is 2.36. The van der Waals surface area contributed by atoms with Crippen LogP contribution in [0.1, 0.15) is 6.23 Å². The molecule has 0 spiro atoms. The normalized spacial score (nSPS) is 32.4. The van der Waals surface area contributed by atoms with Crippen molar-refractivity contribution in [3.8, 4) is 12.3 Å². The first-order valence-electron chi connectivity index (χ1n) is 6.07. The molecule has 0 radical (unpaired) electrons. The number of hydrogen-bond acceptors (Lipinski definition) is 7. The Kier molecular flexibility index (Phi) is 3.02. The first kappa shape index (κ1) is 13.7. The van der Waals surface area contributed by atoms with Gasteiger partial charge in [-0.2, -0.15) is 0 Å². The number of aliphatic hydroxyl groups is 2. The maximum atomic E-state index is 14.9. The summed E-state index contributed by atoms with van der Waals surface area (Å²) < 4.78 is 21.4. The van der Waals surface area contributed by atoms with Gasteiger partial charge in [0.15, 0.2) is 17.7 Å². The van der Waals surface area contributed by atoms with E-state index in [4.69, 9.17) is 22.0 Å². The van der Waals surface area contributed by atoms with Crippen molar-refractivity contribution in [3.05, 3.63) is 12.7 Å². The van der Waals surface area contributed by atoms with Crippen molar-refractivity contribution >= 4 is 17.0 Å². The Balaban J connectivity index is 2.14. The minimum absolute atomic E-state index is 0.126. The smallest absolute Gasteiger partial charge is 0.243 e. The second kappa shape index (κ2) is 4.63. The molecular weight excluding hydrogens is 281 g/mol. The molecule has 0 amide bonds. The summed E-state index contributed by atoms with van der Waals surface area (Å²) in [7, 11) is 0. The fraction of sp³-hybridized carbons (Fsp3) is 0.417. The van der Waals surface area contributed by atoms with Crippen molar-refractivity contribution in [2.24, 2.45) is 0 Å². The predicted molar refractivity (Wildman–Crippen MR) is 69.4 cm³/mol. The van der Waals surface area contributed by atoms with E-state index >= 15 is 0 Å². The number of terminal acetylenes is 1. The number of nitrogen functional groups attached to an aromatic ring is 1. The molecule has 0 saturated carbocycles. The standard InChI is InChI=1S/C12H12FN5O3/c1-2-12(13)8(20)6(3-19)21-11(12)18-5-17-7-9(14)15-4-16-10(7)18/h1,4-6,8,11,19-20H,3H2,(H2,14,15,16)/t6-,8-,11-,12-/m1/s1. The summed E-state index contributed by atoms with van der Waals surface area (Å²) in [5, 5.41) is 19.1. The molecule has 4 N–H and O–H groups in total. The topological polar surface area (TPSA) is 119 Å². The molecule has 0 aliphatic carbocycles. The summed E-state index contributed by atoms with van der Waals surface area (Å²) in [6.07, 6.45) is 3.45. The Labute approximate surface area is 118 Å². The van der Waals surface area contributed by atoms with Crippen molar-refractivity contribution in [2.75, 3.05) is 12.3 Å². The van der Waals surface area contributed by atoms with Crippen LogP contribution < -0.4 is 5.73 Å².